The fourth-order valence-corrected chi connectivity index (χ4v) is 3.14. The smallest absolute Gasteiger partial charge is 0.331 e. The molecule has 0 spiro atoms. The van der Waals surface area contributed by atoms with Crippen molar-refractivity contribution in [3.8, 4) is 17.0 Å². The molecule has 0 fully saturated rings. The van der Waals surface area contributed by atoms with Crippen LogP contribution in [0.3, 0.4) is 0 Å². The molecule has 0 bridgehead atoms. The van der Waals surface area contributed by atoms with Crippen LogP contribution in [-0.4, -0.2) is 58.1 Å². The molecule has 29 heavy (non-hydrogen) atoms. The van der Waals surface area contributed by atoms with Crippen molar-refractivity contribution in [2.24, 2.45) is 0 Å². The van der Waals surface area contributed by atoms with Crippen molar-refractivity contribution in [1.82, 2.24) is 19.9 Å². The van der Waals surface area contributed by atoms with Crippen LogP contribution in [0.15, 0.2) is 36.8 Å². The number of aromatic nitrogens is 3. The lowest BCUT2D eigenvalue weighted by molar-refractivity contribution is -0.386. The van der Waals surface area contributed by atoms with Crippen molar-refractivity contribution in [1.29, 1.82) is 0 Å². The number of nitro groups is 1. The van der Waals surface area contributed by atoms with E-state index in [0.29, 0.717) is 5.56 Å². The number of hydrogen-bond acceptors (Lipinski definition) is 8. The molecule has 3 rings (SSSR count). The van der Waals surface area contributed by atoms with Crippen molar-refractivity contribution in [3.63, 3.8) is 0 Å². The quantitative estimate of drug-likeness (QED) is 0.433. The minimum absolute atomic E-state index is 0.0124. The molecule has 0 aliphatic carbocycles. The van der Waals surface area contributed by atoms with Crippen LogP contribution < -0.4 is 10.1 Å². The van der Waals surface area contributed by atoms with Gasteiger partial charge in [0.25, 0.3) is 5.88 Å². The zero-order valence-corrected chi connectivity index (χ0v) is 16.8. The Hall–Kier alpha value is -3.33. The SMILES string of the molecule is CCN(CC)CCNc1ncnc2ccc(-c3cnc(OC)c([N+](=O)[O-])c3)cc12. The predicted molar refractivity (Wildman–Crippen MR) is 112 cm³/mol. The standard InChI is InChI=1S/C20H24N6O3/c1-4-25(5-2)9-8-21-19-16-10-14(6-7-17(16)23-13-24-19)15-11-18(26(27)28)20(29-3)22-12-15/h6-7,10-13H,4-5,8-9H2,1-3H3,(H,21,23,24). The van der Waals surface area contributed by atoms with Gasteiger partial charge in [0.05, 0.1) is 17.5 Å². The van der Waals surface area contributed by atoms with Gasteiger partial charge in [0.15, 0.2) is 0 Å². The van der Waals surface area contributed by atoms with Crippen LogP contribution in [0.1, 0.15) is 13.8 Å². The highest BCUT2D eigenvalue weighted by Crippen LogP contribution is 2.32. The summed E-state index contributed by atoms with van der Waals surface area (Å²) in [5.74, 6) is 0.724. The summed E-state index contributed by atoms with van der Waals surface area (Å²) < 4.78 is 4.98. The number of ether oxygens (including phenoxy) is 1. The van der Waals surface area contributed by atoms with Crippen LogP contribution >= 0.6 is 0 Å². The van der Waals surface area contributed by atoms with Crippen molar-refractivity contribution >= 4 is 22.4 Å². The summed E-state index contributed by atoms with van der Waals surface area (Å²) in [6, 6.07) is 7.12. The van der Waals surface area contributed by atoms with Gasteiger partial charge in [-0.2, -0.15) is 0 Å². The van der Waals surface area contributed by atoms with Gasteiger partial charge in [-0.1, -0.05) is 19.9 Å². The second-order valence-electron chi connectivity index (χ2n) is 6.42. The van der Waals surface area contributed by atoms with Gasteiger partial charge in [-0.05, 0) is 30.8 Å². The van der Waals surface area contributed by atoms with Crippen molar-refractivity contribution in [3.05, 3.63) is 46.9 Å². The van der Waals surface area contributed by atoms with Gasteiger partial charge in [-0.3, -0.25) is 10.1 Å². The maximum atomic E-state index is 11.3. The van der Waals surface area contributed by atoms with Crippen LogP contribution in [0.5, 0.6) is 5.88 Å². The highest BCUT2D eigenvalue weighted by atomic mass is 16.6. The van der Waals surface area contributed by atoms with Crippen LogP contribution in [-0.2, 0) is 0 Å². The second-order valence-corrected chi connectivity index (χ2v) is 6.42. The molecule has 1 aromatic carbocycles. The van der Waals surface area contributed by atoms with E-state index in [4.69, 9.17) is 4.74 Å². The van der Waals surface area contributed by atoms with Crippen molar-refractivity contribution in [2.75, 3.05) is 38.6 Å². The van der Waals surface area contributed by atoms with Gasteiger partial charge >= 0.3 is 5.69 Å². The number of pyridine rings is 1. The van der Waals surface area contributed by atoms with E-state index < -0.39 is 4.92 Å². The number of likely N-dealkylation sites (N-methyl/N-ethyl adjacent to an activating group) is 1. The third-order valence-corrected chi connectivity index (χ3v) is 4.81. The first kappa shape index (κ1) is 20.4. The first-order chi connectivity index (χ1) is 14.1. The zero-order chi connectivity index (χ0) is 20.8. The van der Waals surface area contributed by atoms with E-state index in [9.17, 15) is 10.1 Å². The molecule has 3 aromatic rings. The Balaban J connectivity index is 1.93. The molecular formula is C20H24N6O3. The lowest BCUT2D eigenvalue weighted by Crippen LogP contribution is -2.28. The summed E-state index contributed by atoms with van der Waals surface area (Å²) in [5.41, 5.74) is 2.03. The zero-order valence-electron chi connectivity index (χ0n) is 16.8. The number of methoxy groups -OCH3 is 1. The van der Waals surface area contributed by atoms with Crippen LogP contribution in [0, 0.1) is 10.1 Å². The van der Waals surface area contributed by atoms with Crippen LogP contribution in [0.25, 0.3) is 22.0 Å². The molecule has 0 unspecified atom stereocenters. The molecule has 9 heteroatoms. The molecule has 0 amide bonds. The Kier molecular flexibility index (Phi) is 6.50. The lowest BCUT2D eigenvalue weighted by atomic mass is 10.0. The summed E-state index contributed by atoms with van der Waals surface area (Å²) in [6.45, 7) is 7.93. The van der Waals surface area contributed by atoms with Crippen LogP contribution in [0.2, 0.25) is 0 Å². The number of anilines is 1. The maximum absolute atomic E-state index is 11.3. The normalized spacial score (nSPS) is 11.0. The first-order valence-electron chi connectivity index (χ1n) is 9.47. The van der Waals surface area contributed by atoms with Gasteiger partial charge in [0, 0.05) is 36.3 Å². The Morgan fingerprint density at radius 3 is 2.62 bits per heavy atom. The predicted octanol–water partition coefficient (Wildman–Crippen LogP) is 3.36. The highest BCUT2D eigenvalue weighted by molar-refractivity contribution is 5.92. The molecule has 1 N–H and O–H groups in total. The molecular weight excluding hydrogens is 372 g/mol. The number of rotatable bonds is 9. The molecule has 0 saturated carbocycles. The summed E-state index contributed by atoms with van der Waals surface area (Å²) in [5, 5.41) is 15.5. The second kappa shape index (κ2) is 9.24. The fraction of sp³-hybridized carbons (Fsp3) is 0.350. The molecule has 0 aliphatic heterocycles. The van der Waals surface area contributed by atoms with Crippen molar-refractivity contribution < 1.29 is 9.66 Å². The van der Waals surface area contributed by atoms with Gasteiger partial charge in [-0.15, -0.1) is 0 Å². The van der Waals surface area contributed by atoms with E-state index in [0.717, 1.165) is 48.5 Å². The lowest BCUT2D eigenvalue weighted by Gasteiger charge is -2.18. The molecule has 9 nitrogen and oxygen atoms in total. The molecule has 0 saturated heterocycles. The third-order valence-electron chi connectivity index (χ3n) is 4.81. The van der Waals surface area contributed by atoms with E-state index in [2.05, 4.69) is 39.0 Å². The number of fused-ring (bicyclic) bond motifs is 1. The topological polar surface area (TPSA) is 106 Å². The Bertz CT molecular complexity index is 1010. The number of nitrogens with zero attached hydrogens (tertiary/aromatic N) is 5. The Morgan fingerprint density at radius 2 is 1.93 bits per heavy atom. The molecule has 152 valence electrons. The van der Waals surface area contributed by atoms with Gasteiger partial charge in [-0.25, -0.2) is 15.0 Å². The summed E-state index contributed by atoms with van der Waals surface area (Å²) in [4.78, 5) is 25.9. The summed E-state index contributed by atoms with van der Waals surface area (Å²) in [6.07, 6.45) is 3.09. The summed E-state index contributed by atoms with van der Waals surface area (Å²) >= 11 is 0. The molecule has 0 radical (unpaired) electrons. The van der Waals surface area contributed by atoms with Gasteiger partial charge < -0.3 is 15.0 Å². The molecule has 0 aliphatic rings. The summed E-state index contributed by atoms with van der Waals surface area (Å²) in [7, 11) is 1.36. The van der Waals surface area contributed by atoms with E-state index in [-0.39, 0.29) is 11.6 Å². The third kappa shape index (κ3) is 4.57. The first-order valence-corrected chi connectivity index (χ1v) is 9.47. The van der Waals surface area contributed by atoms with Crippen LogP contribution in [0.4, 0.5) is 11.5 Å². The number of benzene rings is 1. The largest absolute Gasteiger partial charge is 0.476 e. The van der Waals surface area contributed by atoms with E-state index >= 15 is 0 Å². The molecule has 2 aromatic heterocycles. The van der Waals surface area contributed by atoms with E-state index in [1.54, 1.807) is 6.20 Å². The highest BCUT2D eigenvalue weighted by Gasteiger charge is 2.18. The fourth-order valence-electron chi connectivity index (χ4n) is 3.14. The van der Waals surface area contributed by atoms with Crippen molar-refractivity contribution in [2.45, 2.75) is 13.8 Å². The van der Waals surface area contributed by atoms with E-state index in [1.807, 2.05) is 18.2 Å². The number of hydrogen-bond donors (Lipinski definition) is 1. The number of nitrogens with one attached hydrogen (secondary N) is 1. The maximum Gasteiger partial charge on any atom is 0.331 e. The minimum Gasteiger partial charge on any atom is -0.476 e. The minimum atomic E-state index is -0.500. The molecule has 2 heterocycles. The monoisotopic (exact) mass is 396 g/mol. The Labute approximate surface area is 168 Å². The van der Waals surface area contributed by atoms with Gasteiger partial charge in [0.2, 0.25) is 0 Å². The Morgan fingerprint density at radius 1 is 1.14 bits per heavy atom. The average molecular weight is 396 g/mol. The average Bonchev–Trinajstić information content (AvgIpc) is 2.76. The van der Waals surface area contributed by atoms with Gasteiger partial charge in [0.1, 0.15) is 12.1 Å². The molecule has 0 atom stereocenters. The van der Waals surface area contributed by atoms with E-state index in [1.165, 1.54) is 19.5 Å².